The van der Waals surface area contributed by atoms with Gasteiger partial charge in [0.25, 0.3) is 0 Å². The molecule has 0 N–H and O–H groups in total. The second-order valence-electron chi connectivity index (χ2n) is 2.76. The van der Waals surface area contributed by atoms with Gasteiger partial charge < -0.3 is 4.90 Å². The van der Waals surface area contributed by atoms with Crippen LogP contribution in [0.3, 0.4) is 0 Å². The molecule has 1 rings (SSSR count). The molecule has 52 valence electrons. The fourth-order valence-corrected chi connectivity index (χ4v) is 1.14. The van der Waals surface area contributed by atoms with Crippen LogP contribution in [0, 0.1) is 0 Å². The van der Waals surface area contributed by atoms with Crippen LogP contribution in [0.5, 0.6) is 0 Å². The molecule has 1 aliphatic heterocycles. The van der Waals surface area contributed by atoms with Gasteiger partial charge in [0, 0.05) is 19.3 Å². The van der Waals surface area contributed by atoms with Crippen LogP contribution in [0.4, 0.5) is 0 Å². The fraction of sp³-hybridized carbons (Fsp3) is 0.750. The molecule has 0 spiro atoms. The van der Waals surface area contributed by atoms with Gasteiger partial charge >= 0.3 is 0 Å². The van der Waals surface area contributed by atoms with Crippen molar-refractivity contribution in [2.45, 2.75) is 26.2 Å². The first kappa shape index (κ1) is 6.66. The molecule has 0 aromatic carbocycles. The van der Waals surface area contributed by atoms with Crippen molar-refractivity contribution in [2.24, 2.45) is 0 Å². The molecular formula is C8H15N. The maximum absolute atomic E-state index is 2.33. The summed E-state index contributed by atoms with van der Waals surface area (Å²) in [7, 11) is 2.16. The summed E-state index contributed by atoms with van der Waals surface area (Å²) in [5.74, 6) is 0. The molecule has 0 fully saturated rings. The lowest BCUT2D eigenvalue weighted by molar-refractivity contribution is 0.416. The Morgan fingerprint density at radius 2 is 2.22 bits per heavy atom. The van der Waals surface area contributed by atoms with E-state index in [1.54, 1.807) is 0 Å². The van der Waals surface area contributed by atoms with Crippen molar-refractivity contribution in [1.29, 1.82) is 0 Å². The van der Waals surface area contributed by atoms with Crippen molar-refractivity contribution in [3.63, 3.8) is 0 Å². The third-order valence-corrected chi connectivity index (χ3v) is 1.99. The van der Waals surface area contributed by atoms with Crippen LogP contribution < -0.4 is 0 Å². The van der Waals surface area contributed by atoms with E-state index in [0.717, 1.165) is 0 Å². The molecule has 0 saturated heterocycles. The van der Waals surface area contributed by atoms with Crippen LogP contribution in [0.25, 0.3) is 0 Å². The van der Waals surface area contributed by atoms with Crippen LogP contribution in [0.2, 0.25) is 0 Å². The molecule has 0 aromatic heterocycles. The van der Waals surface area contributed by atoms with Gasteiger partial charge in [0.05, 0.1) is 0 Å². The third-order valence-electron chi connectivity index (χ3n) is 1.99. The lowest BCUT2D eigenvalue weighted by atomic mass is 10.2. The van der Waals surface area contributed by atoms with E-state index in [-0.39, 0.29) is 0 Å². The van der Waals surface area contributed by atoms with Crippen molar-refractivity contribution >= 4 is 0 Å². The zero-order valence-corrected chi connectivity index (χ0v) is 6.35. The standard InChI is InChI=1S/C8H15N/c1-8-6-4-3-5-7-9(8)2/h6H,3-5,7H2,1-2H3. The summed E-state index contributed by atoms with van der Waals surface area (Å²) in [4.78, 5) is 2.33. The minimum Gasteiger partial charge on any atom is -0.378 e. The van der Waals surface area contributed by atoms with Gasteiger partial charge in [-0.15, -0.1) is 0 Å². The molecule has 1 nitrogen and oxygen atoms in total. The molecule has 9 heavy (non-hydrogen) atoms. The van der Waals surface area contributed by atoms with Gasteiger partial charge in [-0.2, -0.15) is 0 Å². The summed E-state index contributed by atoms with van der Waals surface area (Å²) < 4.78 is 0. The lowest BCUT2D eigenvalue weighted by Gasteiger charge is -2.16. The molecule has 0 saturated carbocycles. The predicted octanol–water partition coefficient (Wildman–Crippen LogP) is 2.01. The number of hydrogen-bond acceptors (Lipinski definition) is 1. The lowest BCUT2D eigenvalue weighted by Crippen LogP contribution is -2.15. The highest BCUT2D eigenvalue weighted by atomic mass is 15.1. The second kappa shape index (κ2) is 2.90. The monoisotopic (exact) mass is 125 g/mol. The Kier molecular flexibility index (Phi) is 2.15. The highest BCUT2D eigenvalue weighted by Gasteiger charge is 2.01. The van der Waals surface area contributed by atoms with Gasteiger partial charge in [-0.05, 0) is 26.2 Å². The van der Waals surface area contributed by atoms with Crippen molar-refractivity contribution in [1.82, 2.24) is 4.90 Å². The summed E-state index contributed by atoms with van der Waals surface area (Å²) in [5.41, 5.74) is 1.44. The first-order chi connectivity index (χ1) is 4.30. The topological polar surface area (TPSA) is 3.24 Å². The van der Waals surface area contributed by atoms with E-state index in [1.165, 1.54) is 31.5 Å². The van der Waals surface area contributed by atoms with Crippen LogP contribution in [0.1, 0.15) is 26.2 Å². The van der Waals surface area contributed by atoms with Crippen molar-refractivity contribution in [3.8, 4) is 0 Å². The van der Waals surface area contributed by atoms with E-state index in [4.69, 9.17) is 0 Å². The first-order valence-corrected chi connectivity index (χ1v) is 3.68. The highest BCUT2D eigenvalue weighted by molar-refractivity contribution is 4.97. The number of hydrogen-bond donors (Lipinski definition) is 0. The van der Waals surface area contributed by atoms with Crippen molar-refractivity contribution in [2.75, 3.05) is 13.6 Å². The quantitative estimate of drug-likeness (QED) is 0.478. The maximum Gasteiger partial charge on any atom is 0.0171 e. The fourth-order valence-electron chi connectivity index (χ4n) is 1.14. The molecule has 1 aliphatic rings. The Morgan fingerprint density at radius 3 is 3.00 bits per heavy atom. The Hall–Kier alpha value is -0.460. The molecule has 0 amide bonds. The molecule has 1 heteroatoms. The molecule has 0 unspecified atom stereocenters. The van der Waals surface area contributed by atoms with Gasteiger partial charge in [-0.1, -0.05) is 6.08 Å². The van der Waals surface area contributed by atoms with Gasteiger partial charge in [-0.3, -0.25) is 0 Å². The highest BCUT2D eigenvalue weighted by Crippen LogP contribution is 2.10. The Balaban J connectivity index is 2.51. The average molecular weight is 125 g/mol. The Bertz CT molecular complexity index is 116. The predicted molar refractivity (Wildman–Crippen MR) is 40.2 cm³/mol. The molecule has 1 heterocycles. The number of nitrogens with zero attached hydrogens (tertiary/aromatic N) is 1. The summed E-state index contributed by atoms with van der Waals surface area (Å²) in [5, 5.41) is 0. The summed E-state index contributed by atoms with van der Waals surface area (Å²) >= 11 is 0. The molecule has 0 radical (unpaired) electrons. The normalized spacial score (nSPS) is 21.1. The summed E-state index contributed by atoms with van der Waals surface area (Å²) in [6.45, 7) is 3.42. The minimum absolute atomic E-state index is 1.24. The SMILES string of the molecule is CC1=CCCCCN1C. The minimum atomic E-state index is 1.24. The van der Waals surface area contributed by atoms with Gasteiger partial charge in [0.1, 0.15) is 0 Å². The van der Waals surface area contributed by atoms with E-state index >= 15 is 0 Å². The third kappa shape index (κ3) is 1.74. The van der Waals surface area contributed by atoms with E-state index in [2.05, 4.69) is 24.9 Å². The van der Waals surface area contributed by atoms with Crippen LogP contribution in [0.15, 0.2) is 11.8 Å². The van der Waals surface area contributed by atoms with Crippen molar-refractivity contribution < 1.29 is 0 Å². The van der Waals surface area contributed by atoms with Crippen molar-refractivity contribution in [3.05, 3.63) is 11.8 Å². The Labute approximate surface area is 57.4 Å². The van der Waals surface area contributed by atoms with E-state index in [0.29, 0.717) is 0 Å². The van der Waals surface area contributed by atoms with Gasteiger partial charge in [0.15, 0.2) is 0 Å². The van der Waals surface area contributed by atoms with Gasteiger partial charge in [0.2, 0.25) is 0 Å². The molecule has 0 aromatic rings. The number of rotatable bonds is 0. The first-order valence-electron chi connectivity index (χ1n) is 3.68. The Morgan fingerprint density at radius 1 is 1.44 bits per heavy atom. The van der Waals surface area contributed by atoms with E-state index < -0.39 is 0 Å². The van der Waals surface area contributed by atoms with Gasteiger partial charge in [-0.25, -0.2) is 0 Å². The molecule has 0 atom stereocenters. The molecule has 0 aliphatic carbocycles. The zero-order chi connectivity index (χ0) is 6.69. The molecular weight excluding hydrogens is 110 g/mol. The van der Waals surface area contributed by atoms with E-state index in [1.807, 2.05) is 0 Å². The number of allylic oxidation sites excluding steroid dienone is 2. The van der Waals surface area contributed by atoms with Crippen LogP contribution >= 0.6 is 0 Å². The van der Waals surface area contributed by atoms with Crippen LogP contribution in [-0.2, 0) is 0 Å². The van der Waals surface area contributed by atoms with Crippen LogP contribution in [-0.4, -0.2) is 18.5 Å². The maximum atomic E-state index is 2.33. The molecule has 0 bridgehead atoms. The smallest absolute Gasteiger partial charge is 0.0171 e. The zero-order valence-electron chi connectivity index (χ0n) is 6.35. The largest absolute Gasteiger partial charge is 0.378 e. The summed E-state index contributed by atoms with van der Waals surface area (Å²) in [6.07, 6.45) is 6.31. The summed E-state index contributed by atoms with van der Waals surface area (Å²) in [6, 6.07) is 0. The van der Waals surface area contributed by atoms with E-state index in [9.17, 15) is 0 Å². The second-order valence-corrected chi connectivity index (χ2v) is 2.76. The average Bonchev–Trinajstić information content (AvgIpc) is 1.99.